The second kappa shape index (κ2) is 4.55. The van der Waals surface area contributed by atoms with Crippen LogP contribution in [0.25, 0.3) is 0 Å². The fraction of sp³-hybridized carbons (Fsp3) is 0.300. The van der Waals surface area contributed by atoms with E-state index >= 15 is 0 Å². The fourth-order valence-electron chi connectivity index (χ4n) is 0.837. The summed E-state index contributed by atoms with van der Waals surface area (Å²) in [7, 11) is 0. The Kier molecular flexibility index (Phi) is 3.63. The largest absolute Gasteiger partial charge is 0.483 e. The zero-order valence-corrected chi connectivity index (χ0v) is 9.47. The van der Waals surface area contributed by atoms with Gasteiger partial charge in [0.2, 0.25) is 0 Å². The standard InChI is InChI=1S/C10H10BrFO2/c1-6(13)7(2)14-8-3-4-10(12)9(11)5-8/h3-5,7H,1-2H3. The topological polar surface area (TPSA) is 26.3 Å². The predicted molar refractivity (Wildman–Crippen MR) is 54.9 cm³/mol. The van der Waals surface area contributed by atoms with Crippen LogP contribution < -0.4 is 4.74 Å². The molecule has 1 atom stereocenters. The van der Waals surface area contributed by atoms with Crippen LogP contribution in [0.5, 0.6) is 5.75 Å². The highest BCUT2D eigenvalue weighted by molar-refractivity contribution is 9.10. The Morgan fingerprint density at radius 2 is 2.21 bits per heavy atom. The summed E-state index contributed by atoms with van der Waals surface area (Å²) in [5, 5.41) is 0. The molecule has 0 heterocycles. The minimum atomic E-state index is -0.507. The molecular formula is C10H10BrFO2. The Morgan fingerprint density at radius 3 is 2.71 bits per heavy atom. The molecule has 1 unspecified atom stereocenters. The van der Waals surface area contributed by atoms with Crippen LogP contribution in [-0.2, 0) is 4.79 Å². The van der Waals surface area contributed by atoms with Gasteiger partial charge in [0.05, 0.1) is 4.47 Å². The van der Waals surface area contributed by atoms with Crippen molar-refractivity contribution in [2.45, 2.75) is 20.0 Å². The van der Waals surface area contributed by atoms with Gasteiger partial charge in [-0.2, -0.15) is 0 Å². The summed E-state index contributed by atoms with van der Waals surface area (Å²) in [5.74, 6) is 0.0549. The van der Waals surface area contributed by atoms with Crippen molar-refractivity contribution in [1.82, 2.24) is 0 Å². The summed E-state index contributed by atoms with van der Waals surface area (Å²) in [6.45, 7) is 3.10. The lowest BCUT2D eigenvalue weighted by atomic mass is 10.3. The molecule has 0 fully saturated rings. The van der Waals surface area contributed by atoms with E-state index in [1.807, 2.05) is 0 Å². The molecule has 14 heavy (non-hydrogen) atoms. The molecule has 1 rings (SSSR count). The molecule has 0 aromatic heterocycles. The van der Waals surface area contributed by atoms with Crippen LogP contribution in [0.2, 0.25) is 0 Å². The van der Waals surface area contributed by atoms with Gasteiger partial charge in [0.25, 0.3) is 0 Å². The van der Waals surface area contributed by atoms with E-state index in [9.17, 15) is 9.18 Å². The molecular weight excluding hydrogens is 251 g/mol. The van der Waals surface area contributed by atoms with Crippen LogP contribution in [0, 0.1) is 5.82 Å². The number of Topliss-reactive ketones (excluding diaryl/α,β-unsaturated/α-hetero) is 1. The third-order valence-electron chi connectivity index (χ3n) is 1.78. The second-order valence-electron chi connectivity index (χ2n) is 2.95. The smallest absolute Gasteiger partial charge is 0.169 e. The first kappa shape index (κ1) is 11.2. The monoisotopic (exact) mass is 260 g/mol. The first-order chi connectivity index (χ1) is 6.50. The molecule has 1 aromatic carbocycles. The zero-order valence-electron chi connectivity index (χ0n) is 7.88. The molecule has 0 aliphatic carbocycles. The predicted octanol–water partition coefficient (Wildman–Crippen LogP) is 2.94. The van der Waals surface area contributed by atoms with Gasteiger partial charge in [0, 0.05) is 0 Å². The van der Waals surface area contributed by atoms with Gasteiger partial charge in [-0.05, 0) is 48.0 Å². The maximum Gasteiger partial charge on any atom is 0.169 e. The summed E-state index contributed by atoms with van der Waals surface area (Å²) < 4.78 is 18.4. The molecule has 0 amide bonds. The summed E-state index contributed by atoms with van der Waals surface area (Å²) in [6, 6.07) is 4.26. The lowest BCUT2D eigenvalue weighted by molar-refractivity contribution is -0.122. The quantitative estimate of drug-likeness (QED) is 0.836. The molecule has 0 aliphatic rings. The minimum Gasteiger partial charge on any atom is -0.483 e. The number of rotatable bonds is 3. The number of halogens is 2. The summed E-state index contributed by atoms with van der Waals surface area (Å²) in [5.41, 5.74) is 0. The molecule has 4 heteroatoms. The summed E-state index contributed by atoms with van der Waals surface area (Å²) in [6.07, 6.45) is -0.507. The third-order valence-corrected chi connectivity index (χ3v) is 2.38. The van der Waals surface area contributed by atoms with Crippen LogP contribution in [0.4, 0.5) is 4.39 Å². The molecule has 0 spiro atoms. The number of carbonyl (C=O) groups is 1. The summed E-state index contributed by atoms with van der Waals surface area (Å²) >= 11 is 3.03. The van der Waals surface area contributed by atoms with Crippen molar-refractivity contribution in [3.05, 3.63) is 28.5 Å². The normalized spacial score (nSPS) is 12.3. The van der Waals surface area contributed by atoms with Crippen molar-refractivity contribution in [2.24, 2.45) is 0 Å². The number of benzene rings is 1. The van der Waals surface area contributed by atoms with Crippen LogP contribution in [0.3, 0.4) is 0 Å². The van der Waals surface area contributed by atoms with E-state index in [1.54, 1.807) is 6.92 Å². The minimum absolute atomic E-state index is 0.0644. The van der Waals surface area contributed by atoms with Gasteiger partial charge in [-0.25, -0.2) is 4.39 Å². The molecule has 76 valence electrons. The third kappa shape index (κ3) is 2.80. The Bertz CT molecular complexity index is 352. The van der Waals surface area contributed by atoms with E-state index in [1.165, 1.54) is 25.1 Å². The van der Waals surface area contributed by atoms with E-state index in [0.717, 1.165) is 0 Å². The Balaban J connectivity index is 2.78. The van der Waals surface area contributed by atoms with Crippen LogP contribution in [0.15, 0.2) is 22.7 Å². The molecule has 0 bridgehead atoms. The van der Waals surface area contributed by atoms with Gasteiger partial charge in [-0.15, -0.1) is 0 Å². The lowest BCUT2D eigenvalue weighted by Gasteiger charge is -2.11. The highest BCUT2D eigenvalue weighted by Gasteiger charge is 2.09. The average molecular weight is 261 g/mol. The van der Waals surface area contributed by atoms with Crippen LogP contribution in [-0.4, -0.2) is 11.9 Å². The lowest BCUT2D eigenvalue weighted by Crippen LogP contribution is -2.20. The Hall–Kier alpha value is -0.900. The van der Waals surface area contributed by atoms with Crippen LogP contribution in [0.1, 0.15) is 13.8 Å². The van der Waals surface area contributed by atoms with Gasteiger partial charge in [-0.3, -0.25) is 4.79 Å². The number of carbonyl (C=O) groups excluding carboxylic acids is 1. The Labute approximate surface area is 90.2 Å². The average Bonchev–Trinajstić information content (AvgIpc) is 2.11. The maximum atomic E-state index is 12.8. The molecule has 0 N–H and O–H groups in total. The Morgan fingerprint density at radius 1 is 1.57 bits per heavy atom. The van der Waals surface area contributed by atoms with E-state index in [4.69, 9.17) is 4.74 Å². The fourth-order valence-corrected chi connectivity index (χ4v) is 1.20. The van der Waals surface area contributed by atoms with Crippen molar-refractivity contribution in [3.63, 3.8) is 0 Å². The van der Waals surface area contributed by atoms with Gasteiger partial charge >= 0.3 is 0 Å². The number of ketones is 1. The molecule has 2 nitrogen and oxygen atoms in total. The highest BCUT2D eigenvalue weighted by Crippen LogP contribution is 2.22. The second-order valence-corrected chi connectivity index (χ2v) is 3.80. The first-order valence-corrected chi connectivity index (χ1v) is 4.92. The van der Waals surface area contributed by atoms with Crippen molar-refractivity contribution >= 4 is 21.7 Å². The zero-order chi connectivity index (χ0) is 10.7. The van der Waals surface area contributed by atoms with Gasteiger partial charge in [0.1, 0.15) is 11.6 Å². The van der Waals surface area contributed by atoms with Gasteiger partial charge < -0.3 is 4.74 Å². The van der Waals surface area contributed by atoms with Crippen LogP contribution >= 0.6 is 15.9 Å². The molecule has 0 saturated carbocycles. The number of ether oxygens (including phenoxy) is 1. The van der Waals surface area contributed by atoms with Crippen molar-refractivity contribution < 1.29 is 13.9 Å². The van der Waals surface area contributed by atoms with Crippen molar-refractivity contribution in [2.75, 3.05) is 0 Å². The molecule has 0 aliphatic heterocycles. The van der Waals surface area contributed by atoms with Gasteiger partial charge in [-0.1, -0.05) is 0 Å². The molecule has 1 aromatic rings. The van der Waals surface area contributed by atoms with E-state index in [-0.39, 0.29) is 11.6 Å². The maximum absolute atomic E-state index is 12.8. The SMILES string of the molecule is CC(=O)C(C)Oc1ccc(F)c(Br)c1. The molecule has 0 radical (unpaired) electrons. The first-order valence-electron chi connectivity index (χ1n) is 4.13. The number of hydrogen-bond acceptors (Lipinski definition) is 2. The number of hydrogen-bond donors (Lipinski definition) is 0. The van der Waals surface area contributed by atoms with Crippen molar-refractivity contribution in [3.8, 4) is 5.75 Å². The van der Waals surface area contributed by atoms with E-state index in [0.29, 0.717) is 10.2 Å². The summed E-state index contributed by atoms with van der Waals surface area (Å²) in [4.78, 5) is 10.9. The highest BCUT2D eigenvalue weighted by atomic mass is 79.9. The van der Waals surface area contributed by atoms with E-state index in [2.05, 4.69) is 15.9 Å². The van der Waals surface area contributed by atoms with Crippen molar-refractivity contribution in [1.29, 1.82) is 0 Å². The van der Waals surface area contributed by atoms with E-state index < -0.39 is 6.10 Å². The molecule has 0 saturated heterocycles. The van der Waals surface area contributed by atoms with Gasteiger partial charge in [0.15, 0.2) is 11.9 Å².